The first-order valence-corrected chi connectivity index (χ1v) is 15.8. The van der Waals surface area contributed by atoms with E-state index in [2.05, 4.69) is 23.9 Å². The smallest absolute Gasteiger partial charge is 0.402 e. The van der Waals surface area contributed by atoms with Crippen molar-refractivity contribution in [3.63, 3.8) is 0 Å². The Bertz CT molecular complexity index is 2560. The lowest BCUT2D eigenvalue weighted by Crippen LogP contribution is -2.23. The van der Waals surface area contributed by atoms with Crippen LogP contribution >= 0.6 is 0 Å². The van der Waals surface area contributed by atoms with Gasteiger partial charge in [-0.15, -0.1) is 39.5 Å². The Labute approximate surface area is 311 Å². The summed E-state index contributed by atoms with van der Waals surface area (Å²) in [7, 11) is 0. The molecule has 4 aromatic carbocycles. The number of alkyl halides is 9. The van der Waals surface area contributed by atoms with Crippen molar-refractivity contribution in [1.29, 1.82) is 10.5 Å². The van der Waals surface area contributed by atoms with Crippen LogP contribution in [0.1, 0.15) is 38.9 Å². The predicted molar refractivity (Wildman–Crippen MR) is 183 cm³/mol. The van der Waals surface area contributed by atoms with E-state index in [1.807, 2.05) is 39.0 Å². The van der Waals surface area contributed by atoms with Crippen LogP contribution in [0.5, 0.6) is 17.2 Å². The van der Waals surface area contributed by atoms with E-state index < -0.39 is 47.6 Å². The van der Waals surface area contributed by atoms with Crippen molar-refractivity contribution >= 4 is 22.3 Å². The molecule has 56 heavy (non-hydrogen) atoms. The topological polar surface area (TPSA) is 84.0 Å². The molecule has 7 nitrogen and oxygen atoms in total. The molecule has 6 rings (SSSR count). The first-order valence-electron chi connectivity index (χ1n) is 15.8. The number of nitriles is 2. The summed E-state index contributed by atoms with van der Waals surface area (Å²) in [6.45, 7) is 21.5. The number of aryl methyl sites for hydroxylation is 2. The highest BCUT2D eigenvalue weighted by Crippen LogP contribution is 2.60. The molecule has 0 aliphatic heterocycles. The van der Waals surface area contributed by atoms with Crippen LogP contribution in [0.3, 0.4) is 0 Å². The summed E-state index contributed by atoms with van der Waals surface area (Å²) in [5.41, 5.74) is 4.75. The largest absolute Gasteiger partial charge is 0.573 e. The molecule has 0 bridgehead atoms. The van der Waals surface area contributed by atoms with Gasteiger partial charge in [-0.3, -0.25) is 0 Å². The molecule has 0 unspecified atom stereocenters. The van der Waals surface area contributed by atoms with E-state index in [9.17, 15) is 50.0 Å². The second-order valence-electron chi connectivity index (χ2n) is 12.3. The van der Waals surface area contributed by atoms with Gasteiger partial charge in [0.2, 0.25) is 5.75 Å². The minimum absolute atomic E-state index is 0.0294. The highest BCUT2D eigenvalue weighted by Gasteiger charge is 2.43. The number of nitrogens with zero attached hydrogens (tertiary/aromatic N) is 4. The summed E-state index contributed by atoms with van der Waals surface area (Å²) in [5, 5.41) is 20.2. The van der Waals surface area contributed by atoms with Gasteiger partial charge >= 0.3 is 19.1 Å². The van der Waals surface area contributed by atoms with E-state index >= 15 is 0 Å². The van der Waals surface area contributed by atoms with E-state index in [0.717, 1.165) is 27.8 Å². The lowest BCUT2D eigenvalue weighted by Gasteiger charge is -2.21. The molecule has 4 aromatic rings. The molecule has 16 heteroatoms. The molecule has 0 aromatic heterocycles. The maximum atomic E-state index is 13.4. The Kier molecular flexibility index (Phi) is 9.36. The molecule has 0 saturated heterocycles. The molecule has 0 fully saturated rings. The minimum atomic E-state index is -5.78. The van der Waals surface area contributed by atoms with Gasteiger partial charge in [-0.2, -0.15) is 0 Å². The van der Waals surface area contributed by atoms with Crippen LogP contribution in [0.4, 0.5) is 39.5 Å². The molecule has 0 N–H and O–H groups in total. The molecule has 0 radical (unpaired) electrons. The van der Waals surface area contributed by atoms with Crippen molar-refractivity contribution in [1.82, 2.24) is 0 Å². The Morgan fingerprint density at radius 1 is 0.536 bits per heavy atom. The first-order chi connectivity index (χ1) is 26.2. The first kappa shape index (κ1) is 38.6. The van der Waals surface area contributed by atoms with Crippen molar-refractivity contribution in [2.75, 3.05) is 0 Å². The highest BCUT2D eigenvalue weighted by molar-refractivity contribution is 6.37. The normalized spacial score (nSPS) is 15.1. The fourth-order valence-corrected chi connectivity index (χ4v) is 6.68. The number of ether oxygens (including phenoxy) is 3. The fourth-order valence-electron chi connectivity index (χ4n) is 6.68. The van der Waals surface area contributed by atoms with Crippen molar-refractivity contribution in [3.05, 3.63) is 134 Å². The number of hydrogen-bond acceptors (Lipinski definition) is 5. The molecule has 2 aliphatic carbocycles. The Morgan fingerprint density at radius 2 is 0.911 bits per heavy atom. The summed E-state index contributed by atoms with van der Waals surface area (Å²) in [6.07, 6.45) is -17.2. The Morgan fingerprint density at radius 3 is 1.25 bits per heavy atom. The van der Waals surface area contributed by atoms with E-state index in [0.29, 0.717) is 23.3 Å². The van der Waals surface area contributed by atoms with Gasteiger partial charge < -0.3 is 14.2 Å². The van der Waals surface area contributed by atoms with Gasteiger partial charge in [-0.25, -0.2) is 20.2 Å². The zero-order valence-corrected chi connectivity index (χ0v) is 28.7. The van der Waals surface area contributed by atoms with Crippen molar-refractivity contribution in [2.45, 2.75) is 39.9 Å². The van der Waals surface area contributed by atoms with Gasteiger partial charge in [0.05, 0.1) is 25.3 Å². The second-order valence-corrected chi connectivity index (χ2v) is 12.3. The van der Waals surface area contributed by atoms with Gasteiger partial charge in [-0.1, -0.05) is 36.4 Å². The number of benzene rings is 4. The third kappa shape index (κ3) is 7.08. The summed E-state index contributed by atoms with van der Waals surface area (Å²) in [6, 6.07) is 17.3. The van der Waals surface area contributed by atoms with Crippen LogP contribution in [0.15, 0.2) is 72.1 Å². The number of fused-ring (bicyclic) bond motifs is 4. The lowest BCUT2D eigenvalue weighted by atomic mass is 9.87. The Hall–Kier alpha value is -7.17. The number of rotatable bonds is 5. The Balaban J connectivity index is 1.61. The van der Waals surface area contributed by atoms with Gasteiger partial charge in [0.25, 0.3) is 11.4 Å². The molecule has 280 valence electrons. The van der Waals surface area contributed by atoms with Gasteiger partial charge in [0.15, 0.2) is 11.5 Å². The van der Waals surface area contributed by atoms with Crippen LogP contribution < -0.4 is 14.2 Å². The van der Waals surface area contributed by atoms with Crippen LogP contribution in [-0.2, 0) is 0 Å². The summed E-state index contributed by atoms with van der Waals surface area (Å²) >= 11 is 0. The SMILES string of the molecule is [C-]#[N+]/C(C#N)=C1C2=C(/C(=C(\C#N)[N+]#[C-])c3cc(-c4cc(C)c(C)c(C)c4)ccc32)c2ccc(-c3cc(OC(F)(F)F)c(OC(F)(F)F)c(OC(F)(F)F)c3)cc2\1. The summed E-state index contributed by atoms with van der Waals surface area (Å²) in [4.78, 5) is 6.80. The molecule has 2 aliphatic rings. The van der Waals surface area contributed by atoms with Crippen LogP contribution in [-0.4, -0.2) is 19.1 Å². The van der Waals surface area contributed by atoms with Gasteiger partial charge in [0, 0.05) is 11.1 Å². The minimum Gasteiger partial charge on any atom is -0.402 e. The monoisotopic (exact) mass is 774 g/mol. The summed E-state index contributed by atoms with van der Waals surface area (Å²) in [5.74, 6) is -5.72. The van der Waals surface area contributed by atoms with Gasteiger partial charge in [0.1, 0.15) is 0 Å². The highest BCUT2D eigenvalue weighted by atomic mass is 19.4. The summed E-state index contributed by atoms with van der Waals surface area (Å²) < 4.78 is 131. The van der Waals surface area contributed by atoms with Crippen molar-refractivity contribution < 1.29 is 53.7 Å². The average molecular weight is 775 g/mol. The maximum Gasteiger partial charge on any atom is 0.573 e. The third-order valence-electron chi connectivity index (χ3n) is 9.06. The quantitative estimate of drug-likeness (QED) is 0.115. The lowest BCUT2D eigenvalue weighted by molar-refractivity contribution is -0.293. The molecule has 0 atom stereocenters. The second kappa shape index (κ2) is 13.6. The number of halogens is 9. The van der Waals surface area contributed by atoms with Crippen molar-refractivity contribution in [3.8, 4) is 51.6 Å². The zero-order valence-electron chi connectivity index (χ0n) is 28.7. The zero-order chi connectivity index (χ0) is 41.1. The third-order valence-corrected chi connectivity index (χ3v) is 9.06. The molecule has 0 heterocycles. The molecule has 0 amide bonds. The molecule has 0 saturated carbocycles. The molecule has 0 spiro atoms. The number of allylic oxidation sites excluding steroid dienone is 6. The van der Waals surface area contributed by atoms with E-state index in [4.69, 9.17) is 13.1 Å². The van der Waals surface area contributed by atoms with E-state index in [1.54, 1.807) is 24.3 Å². The van der Waals surface area contributed by atoms with Crippen LogP contribution in [0, 0.1) is 56.6 Å². The van der Waals surface area contributed by atoms with Crippen LogP contribution in [0.25, 0.3) is 54.2 Å². The van der Waals surface area contributed by atoms with Gasteiger partial charge in [-0.05, 0) is 117 Å². The van der Waals surface area contributed by atoms with Crippen molar-refractivity contribution in [2.24, 2.45) is 0 Å². The van der Waals surface area contributed by atoms with E-state index in [-0.39, 0.29) is 44.7 Å². The average Bonchev–Trinajstić information content (AvgIpc) is 3.60. The molecular formula is C40H19F9N4O3. The fraction of sp³-hybridized carbons (Fsp3) is 0.150. The molecular weight excluding hydrogens is 755 g/mol. The van der Waals surface area contributed by atoms with Crippen LogP contribution in [0.2, 0.25) is 0 Å². The maximum absolute atomic E-state index is 13.4. The predicted octanol–water partition coefficient (Wildman–Crippen LogP) is 11.9. The number of hydrogen-bond donors (Lipinski definition) is 0. The van der Waals surface area contributed by atoms with E-state index in [1.165, 1.54) is 18.2 Å². The standard InChI is InChI=1S/C40H19F9N4O3/c1-18-10-23(11-19(2)20(18)3)21-6-8-25-27(12-21)33(29(16-50)52-4)36-26-9-7-22(13-28(26)34(35(25)36)30(17-51)53-5)24-14-31(54-38(41,42)43)37(56-40(47,48)49)32(15-24)55-39(44,45)46/h6-15H,1-3H3/b33-29+,34-30-.